The first-order chi connectivity index (χ1) is 14.5. The van der Waals surface area contributed by atoms with Crippen LogP contribution in [-0.2, 0) is 4.79 Å². The molecule has 3 aromatic rings. The van der Waals surface area contributed by atoms with Crippen molar-refractivity contribution in [3.8, 4) is 5.75 Å². The van der Waals surface area contributed by atoms with E-state index in [1.807, 2.05) is 37.3 Å². The number of nitrogens with one attached hydrogen (secondary N) is 2. The maximum Gasteiger partial charge on any atom is 0.344 e. The molecule has 0 radical (unpaired) electrons. The summed E-state index contributed by atoms with van der Waals surface area (Å²) in [5.41, 5.74) is 5.59. The fraction of sp³-hybridized carbons (Fsp3) is 0.0870. The highest BCUT2D eigenvalue weighted by molar-refractivity contribution is 9.10. The topological polar surface area (TPSA) is 79.8 Å². The molecule has 2 N–H and O–H groups in total. The maximum atomic E-state index is 12.3. The number of benzene rings is 3. The summed E-state index contributed by atoms with van der Waals surface area (Å²) < 4.78 is 6.08. The van der Waals surface area contributed by atoms with Gasteiger partial charge in [-0.3, -0.25) is 4.79 Å². The Morgan fingerprint density at radius 1 is 1.03 bits per heavy atom. The highest BCUT2D eigenvalue weighted by Crippen LogP contribution is 2.19. The zero-order valence-corrected chi connectivity index (χ0v) is 17.8. The van der Waals surface area contributed by atoms with Gasteiger partial charge in [0.05, 0.1) is 18.3 Å². The summed E-state index contributed by atoms with van der Waals surface area (Å²) in [5.74, 6) is -0.359. The van der Waals surface area contributed by atoms with Crippen molar-refractivity contribution in [1.29, 1.82) is 0 Å². The summed E-state index contributed by atoms with van der Waals surface area (Å²) in [7, 11) is 0. The van der Waals surface area contributed by atoms with E-state index in [-0.39, 0.29) is 12.5 Å². The Balaban J connectivity index is 1.52. The number of hydrogen-bond donors (Lipinski definition) is 2. The summed E-state index contributed by atoms with van der Waals surface area (Å²) in [5, 5.41) is 6.97. The zero-order chi connectivity index (χ0) is 21.3. The smallest absolute Gasteiger partial charge is 0.344 e. The molecule has 0 aliphatic rings. The summed E-state index contributed by atoms with van der Waals surface area (Å²) in [4.78, 5) is 24.2. The van der Waals surface area contributed by atoms with Crippen molar-refractivity contribution in [3.63, 3.8) is 0 Å². The van der Waals surface area contributed by atoms with Crippen LogP contribution in [0, 0.1) is 6.92 Å². The quantitative estimate of drug-likeness (QED) is 0.232. The fourth-order valence-corrected chi connectivity index (χ4v) is 2.97. The van der Waals surface area contributed by atoms with E-state index in [9.17, 15) is 9.59 Å². The lowest BCUT2D eigenvalue weighted by Crippen LogP contribution is -2.25. The predicted molar refractivity (Wildman–Crippen MR) is 121 cm³/mol. The van der Waals surface area contributed by atoms with Gasteiger partial charge in [-0.25, -0.2) is 10.2 Å². The lowest BCUT2D eigenvalue weighted by Gasteiger charge is -2.07. The minimum atomic E-state index is -0.466. The van der Waals surface area contributed by atoms with Gasteiger partial charge in [-0.15, -0.1) is 0 Å². The lowest BCUT2D eigenvalue weighted by molar-refractivity contribution is -0.119. The molecule has 0 fully saturated rings. The minimum Gasteiger partial charge on any atom is -0.423 e. The second-order valence-electron chi connectivity index (χ2n) is 6.45. The maximum absolute atomic E-state index is 12.3. The first-order valence-corrected chi connectivity index (χ1v) is 10.00. The Bertz CT molecular complexity index is 1070. The molecule has 0 aromatic heterocycles. The van der Waals surface area contributed by atoms with E-state index in [1.165, 1.54) is 6.21 Å². The van der Waals surface area contributed by atoms with E-state index in [2.05, 4.69) is 31.8 Å². The third-order valence-corrected chi connectivity index (χ3v) is 4.76. The summed E-state index contributed by atoms with van der Waals surface area (Å²) in [6.45, 7) is 2.10. The van der Waals surface area contributed by atoms with Crippen molar-refractivity contribution in [2.75, 3.05) is 11.9 Å². The average molecular weight is 466 g/mol. The van der Waals surface area contributed by atoms with Gasteiger partial charge in [-0.2, -0.15) is 5.10 Å². The predicted octanol–water partition coefficient (Wildman–Crippen LogP) is 4.54. The molecule has 0 bridgehead atoms. The Hall–Kier alpha value is -3.45. The highest BCUT2D eigenvalue weighted by Gasteiger charge is 2.11. The van der Waals surface area contributed by atoms with Crippen LogP contribution in [0.25, 0.3) is 0 Å². The number of ether oxygens (including phenoxy) is 1. The van der Waals surface area contributed by atoms with Crippen LogP contribution in [0.15, 0.2) is 82.4 Å². The van der Waals surface area contributed by atoms with Crippen molar-refractivity contribution in [3.05, 3.63) is 94.0 Å². The number of amides is 1. The van der Waals surface area contributed by atoms with E-state index in [1.54, 1.807) is 42.5 Å². The van der Waals surface area contributed by atoms with Crippen LogP contribution in [0.3, 0.4) is 0 Å². The van der Waals surface area contributed by atoms with Gasteiger partial charge in [-0.05, 0) is 64.8 Å². The molecule has 0 atom stereocenters. The van der Waals surface area contributed by atoms with E-state index in [4.69, 9.17) is 4.74 Å². The van der Waals surface area contributed by atoms with Gasteiger partial charge >= 0.3 is 5.97 Å². The number of halogens is 1. The number of esters is 1. The number of carbonyl (C=O) groups is 2. The molecule has 0 saturated carbocycles. The van der Waals surface area contributed by atoms with Crippen molar-refractivity contribution >= 4 is 39.7 Å². The number of carbonyl (C=O) groups excluding carboxylic acids is 2. The number of rotatable bonds is 7. The number of hydrogen-bond acceptors (Lipinski definition) is 5. The van der Waals surface area contributed by atoms with Gasteiger partial charge in [0.15, 0.2) is 0 Å². The van der Waals surface area contributed by atoms with Crippen LogP contribution in [0.5, 0.6) is 5.75 Å². The SMILES string of the molecule is Cc1ccc(NCC(=O)N/N=C/c2cccc(OC(=O)c3ccccc3Br)c2)cc1. The molecule has 1 amide bonds. The second kappa shape index (κ2) is 10.4. The van der Waals surface area contributed by atoms with Crippen molar-refractivity contribution < 1.29 is 14.3 Å². The first kappa shape index (κ1) is 21.3. The van der Waals surface area contributed by atoms with Gasteiger partial charge in [0, 0.05) is 10.2 Å². The molecule has 3 aromatic carbocycles. The Morgan fingerprint density at radius 2 is 1.80 bits per heavy atom. The largest absolute Gasteiger partial charge is 0.423 e. The van der Waals surface area contributed by atoms with E-state index >= 15 is 0 Å². The van der Waals surface area contributed by atoms with Crippen LogP contribution < -0.4 is 15.5 Å². The molecule has 152 valence electrons. The number of nitrogens with zero attached hydrogens (tertiary/aromatic N) is 1. The van der Waals surface area contributed by atoms with Crippen LogP contribution >= 0.6 is 15.9 Å². The Labute approximate surface area is 183 Å². The lowest BCUT2D eigenvalue weighted by atomic mass is 10.2. The highest BCUT2D eigenvalue weighted by atomic mass is 79.9. The van der Waals surface area contributed by atoms with Gasteiger partial charge < -0.3 is 10.1 Å². The molecular weight excluding hydrogens is 446 g/mol. The number of aryl methyl sites for hydroxylation is 1. The molecule has 0 heterocycles. The molecule has 30 heavy (non-hydrogen) atoms. The normalized spacial score (nSPS) is 10.6. The Morgan fingerprint density at radius 3 is 2.57 bits per heavy atom. The average Bonchev–Trinajstić information content (AvgIpc) is 2.74. The summed E-state index contributed by atoms with van der Waals surface area (Å²) in [6, 6.07) is 21.7. The van der Waals surface area contributed by atoms with E-state index < -0.39 is 5.97 Å². The monoisotopic (exact) mass is 465 g/mol. The molecule has 0 unspecified atom stereocenters. The minimum absolute atomic E-state index is 0.101. The van der Waals surface area contributed by atoms with Gasteiger partial charge in [0.2, 0.25) is 0 Å². The van der Waals surface area contributed by atoms with Gasteiger partial charge in [-0.1, -0.05) is 42.0 Å². The van der Waals surface area contributed by atoms with Crippen molar-refractivity contribution in [2.24, 2.45) is 5.10 Å². The number of anilines is 1. The van der Waals surface area contributed by atoms with Crippen LogP contribution in [-0.4, -0.2) is 24.6 Å². The molecule has 0 saturated heterocycles. The van der Waals surface area contributed by atoms with Crippen LogP contribution in [0.1, 0.15) is 21.5 Å². The van der Waals surface area contributed by atoms with Crippen LogP contribution in [0.4, 0.5) is 5.69 Å². The molecule has 0 aliphatic carbocycles. The molecule has 0 aliphatic heterocycles. The molecular formula is C23H20BrN3O3. The summed E-state index contributed by atoms with van der Waals surface area (Å²) in [6.07, 6.45) is 1.49. The summed E-state index contributed by atoms with van der Waals surface area (Å²) >= 11 is 3.34. The Kier molecular flexibility index (Phi) is 7.34. The van der Waals surface area contributed by atoms with E-state index in [0.717, 1.165) is 11.3 Å². The third kappa shape index (κ3) is 6.28. The molecule has 6 nitrogen and oxygen atoms in total. The number of hydrazone groups is 1. The van der Waals surface area contributed by atoms with Crippen molar-refractivity contribution in [1.82, 2.24) is 5.43 Å². The van der Waals surface area contributed by atoms with Crippen molar-refractivity contribution in [2.45, 2.75) is 6.92 Å². The standard InChI is InChI=1S/C23H20BrN3O3/c1-16-9-11-18(12-10-16)25-15-22(28)27-26-14-17-5-4-6-19(13-17)30-23(29)20-7-2-3-8-21(20)24/h2-14,25H,15H2,1H3,(H,27,28)/b26-14+. The van der Waals surface area contributed by atoms with Crippen LogP contribution in [0.2, 0.25) is 0 Å². The van der Waals surface area contributed by atoms with E-state index in [0.29, 0.717) is 21.3 Å². The fourth-order valence-electron chi connectivity index (χ4n) is 2.52. The van der Waals surface area contributed by atoms with Gasteiger partial charge in [0.1, 0.15) is 5.75 Å². The zero-order valence-electron chi connectivity index (χ0n) is 16.3. The molecule has 0 spiro atoms. The van der Waals surface area contributed by atoms with Gasteiger partial charge in [0.25, 0.3) is 5.91 Å². The molecule has 3 rings (SSSR count). The second-order valence-corrected chi connectivity index (χ2v) is 7.31. The molecule has 7 heteroatoms. The first-order valence-electron chi connectivity index (χ1n) is 9.20. The third-order valence-electron chi connectivity index (χ3n) is 4.07.